The molecule has 2 rings (SSSR count). The lowest BCUT2D eigenvalue weighted by atomic mass is 9.97. The molecule has 0 aromatic heterocycles. The lowest BCUT2D eigenvalue weighted by molar-refractivity contribution is -0.116. The average Bonchev–Trinajstić information content (AvgIpc) is 2.56. The number of methoxy groups -OCH3 is 1. The normalized spacial score (nSPS) is 11.6. The number of amides is 1. The summed E-state index contributed by atoms with van der Waals surface area (Å²) in [5.41, 5.74) is 2.38. The summed E-state index contributed by atoms with van der Waals surface area (Å²) >= 11 is 0. The zero-order valence-corrected chi connectivity index (χ0v) is 14.0. The number of rotatable bonds is 6. The molecule has 5 nitrogen and oxygen atoms in total. The highest BCUT2D eigenvalue weighted by molar-refractivity contribution is 5.95. The Labute approximate surface area is 141 Å². The van der Waals surface area contributed by atoms with Crippen LogP contribution in [0.1, 0.15) is 40.7 Å². The van der Waals surface area contributed by atoms with E-state index in [0.717, 1.165) is 11.3 Å². The fourth-order valence-corrected chi connectivity index (χ4v) is 2.47. The number of carboxylic acid groups (broad SMARTS) is 1. The van der Waals surface area contributed by atoms with Crippen molar-refractivity contribution in [3.8, 4) is 5.75 Å². The van der Waals surface area contributed by atoms with E-state index in [1.165, 1.54) is 6.07 Å². The standard InChI is InChI=1S/C19H21NO4/c1-12-4-7-15(11-17(12)19(22)23)20-18(21)10-13(2)14-5-8-16(24-3)9-6-14/h4-9,11,13H,10H2,1-3H3,(H,20,21)(H,22,23). The maximum atomic E-state index is 12.2. The molecule has 0 spiro atoms. The second kappa shape index (κ2) is 7.64. The summed E-state index contributed by atoms with van der Waals surface area (Å²) in [6, 6.07) is 12.5. The van der Waals surface area contributed by atoms with E-state index in [1.54, 1.807) is 26.2 Å². The molecule has 0 saturated carbocycles. The van der Waals surface area contributed by atoms with Gasteiger partial charge in [-0.1, -0.05) is 25.1 Å². The van der Waals surface area contributed by atoms with Crippen molar-refractivity contribution in [1.82, 2.24) is 0 Å². The second-order valence-corrected chi connectivity index (χ2v) is 5.76. The van der Waals surface area contributed by atoms with E-state index in [1.807, 2.05) is 31.2 Å². The monoisotopic (exact) mass is 327 g/mol. The molecule has 0 aliphatic rings. The summed E-state index contributed by atoms with van der Waals surface area (Å²) in [6.07, 6.45) is 0.308. The summed E-state index contributed by atoms with van der Waals surface area (Å²) in [6.45, 7) is 3.69. The SMILES string of the molecule is COc1ccc(C(C)CC(=O)Nc2ccc(C)c(C(=O)O)c2)cc1. The van der Waals surface area contributed by atoms with Crippen molar-refractivity contribution >= 4 is 17.6 Å². The van der Waals surface area contributed by atoms with Crippen molar-refractivity contribution in [1.29, 1.82) is 0 Å². The largest absolute Gasteiger partial charge is 0.497 e. The zero-order valence-electron chi connectivity index (χ0n) is 14.0. The van der Waals surface area contributed by atoms with E-state index < -0.39 is 5.97 Å². The van der Waals surface area contributed by atoms with Gasteiger partial charge in [0, 0.05) is 12.1 Å². The second-order valence-electron chi connectivity index (χ2n) is 5.76. The van der Waals surface area contributed by atoms with Crippen LogP contribution in [0.3, 0.4) is 0 Å². The number of carboxylic acids is 1. The summed E-state index contributed by atoms with van der Waals surface area (Å²) in [5, 5.41) is 11.9. The minimum atomic E-state index is -1.00. The van der Waals surface area contributed by atoms with Gasteiger partial charge in [-0.3, -0.25) is 4.79 Å². The first-order valence-electron chi connectivity index (χ1n) is 7.68. The van der Waals surface area contributed by atoms with Crippen LogP contribution < -0.4 is 10.1 Å². The van der Waals surface area contributed by atoms with Crippen molar-refractivity contribution in [3.63, 3.8) is 0 Å². The molecular formula is C19H21NO4. The van der Waals surface area contributed by atoms with Gasteiger partial charge in [0.25, 0.3) is 0 Å². The Morgan fingerprint density at radius 3 is 2.42 bits per heavy atom. The number of ether oxygens (including phenoxy) is 1. The first-order chi connectivity index (χ1) is 11.4. The number of carbonyl (C=O) groups excluding carboxylic acids is 1. The lowest BCUT2D eigenvalue weighted by Gasteiger charge is -2.13. The molecule has 24 heavy (non-hydrogen) atoms. The predicted octanol–water partition coefficient (Wildman–Crippen LogP) is 3.83. The van der Waals surface area contributed by atoms with Crippen LogP contribution in [0.4, 0.5) is 5.69 Å². The fraction of sp³-hybridized carbons (Fsp3) is 0.263. The number of nitrogens with one attached hydrogen (secondary N) is 1. The maximum absolute atomic E-state index is 12.2. The number of aromatic carboxylic acids is 1. The van der Waals surface area contributed by atoms with Gasteiger partial charge in [0.05, 0.1) is 12.7 Å². The van der Waals surface area contributed by atoms with Crippen LogP contribution in [0.5, 0.6) is 5.75 Å². The molecule has 0 fully saturated rings. The molecule has 1 amide bonds. The Morgan fingerprint density at radius 2 is 1.83 bits per heavy atom. The number of benzene rings is 2. The van der Waals surface area contributed by atoms with Gasteiger partial charge >= 0.3 is 5.97 Å². The Kier molecular flexibility index (Phi) is 5.58. The van der Waals surface area contributed by atoms with Crippen LogP contribution in [0.25, 0.3) is 0 Å². The van der Waals surface area contributed by atoms with Crippen molar-refractivity contribution in [3.05, 3.63) is 59.2 Å². The summed E-state index contributed by atoms with van der Waals surface area (Å²) in [7, 11) is 1.61. The number of anilines is 1. The highest BCUT2D eigenvalue weighted by Crippen LogP contribution is 2.23. The van der Waals surface area contributed by atoms with Gasteiger partial charge in [-0.05, 0) is 48.2 Å². The first-order valence-corrected chi connectivity index (χ1v) is 7.68. The fourth-order valence-electron chi connectivity index (χ4n) is 2.47. The Balaban J connectivity index is 2.02. The molecule has 1 atom stereocenters. The summed E-state index contributed by atoms with van der Waals surface area (Å²) < 4.78 is 5.12. The molecule has 0 aliphatic heterocycles. The van der Waals surface area contributed by atoms with E-state index in [0.29, 0.717) is 17.7 Å². The van der Waals surface area contributed by atoms with E-state index >= 15 is 0 Å². The number of hydrogen-bond acceptors (Lipinski definition) is 3. The zero-order chi connectivity index (χ0) is 17.7. The van der Waals surface area contributed by atoms with Crippen LogP contribution in [-0.2, 0) is 4.79 Å². The topological polar surface area (TPSA) is 75.6 Å². The van der Waals surface area contributed by atoms with Gasteiger partial charge < -0.3 is 15.2 Å². The van der Waals surface area contributed by atoms with Gasteiger partial charge in [0.15, 0.2) is 0 Å². The predicted molar refractivity (Wildman–Crippen MR) is 92.8 cm³/mol. The molecule has 0 bridgehead atoms. The molecule has 5 heteroatoms. The van der Waals surface area contributed by atoms with Crippen molar-refractivity contribution in [2.75, 3.05) is 12.4 Å². The average molecular weight is 327 g/mol. The lowest BCUT2D eigenvalue weighted by Crippen LogP contribution is -2.15. The minimum absolute atomic E-state index is 0.0419. The molecule has 0 aliphatic carbocycles. The molecular weight excluding hydrogens is 306 g/mol. The molecule has 2 aromatic rings. The van der Waals surface area contributed by atoms with Crippen molar-refractivity contribution in [2.24, 2.45) is 0 Å². The van der Waals surface area contributed by atoms with Gasteiger partial charge in [-0.15, -0.1) is 0 Å². The third-order valence-electron chi connectivity index (χ3n) is 3.93. The quantitative estimate of drug-likeness (QED) is 0.845. The minimum Gasteiger partial charge on any atom is -0.497 e. The van der Waals surface area contributed by atoms with Gasteiger partial charge in [0.2, 0.25) is 5.91 Å². The van der Waals surface area contributed by atoms with Crippen LogP contribution >= 0.6 is 0 Å². The first kappa shape index (κ1) is 17.5. The molecule has 126 valence electrons. The number of hydrogen-bond donors (Lipinski definition) is 2. The molecule has 2 N–H and O–H groups in total. The number of aryl methyl sites for hydroxylation is 1. The molecule has 2 aromatic carbocycles. The Bertz CT molecular complexity index is 738. The van der Waals surface area contributed by atoms with E-state index in [4.69, 9.17) is 9.84 Å². The molecule has 1 unspecified atom stereocenters. The van der Waals surface area contributed by atoms with Crippen LogP contribution in [0, 0.1) is 6.92 Å². The van der Waals surface area contributed by atoms with Crippen molar-refractivity contribution < 1.29 is 19.4 Å². The van der Waals surface area contributed by atoms with Crippen LogP contribution in [0.2, 0.25) is 0 Å². The number of carbonyl (C=O) groups is 2. The van der Waals surface area contributed by atoms with E-state index in [9.17, 15) is 9.59 Å². The third-order valence-corrected chi connectivity index (χ3v) is 3.93. The highest BCUT2D eigenvalue weighted by Gasteiger charge is 2.13. The van der Waals surface area contributed by atoms with E-state index in [2.05, 4.69) is 5.32 Å². The maximum Gasteiger partial charge on any atom is 0.336 e. The molecule has 0 radical (unpaired) electrons. The Morgan fingerprint density at radius 1 is 1.17 bits per heavy atom. The summed E-state index contributed by atoms with van der Waals surface area (Å²) in [4.78, 5) is 23.4. The van der Waals surface area contributed by atoms with Gasteiger partial charge in [0.1, 0.15) is 5.75 Å². The molecule has 0 saturated heterocycles. The van der Waals surface area contributed by atoms with E-state index in [-0.39, 0.29) is 17.4 Å². The van der Waals surface area contributed by atoms with Crippen molar-refractivity contribution in [2.45, 2.75) is 26.2 Å². The Hall–Kier alpha value is -2.82. The van der Waals surface area contributed by atoms with Gasteiger partial charge in [-0.2, -0.15) is 0 Å². The van der Waals surface area contributed by atoms with Gasteiger partial charge in [-0.25, -0.2) is 4.79 Å². The van der Waals surface area contributed by atoms with Crippen LogP contribution in [0.15, 0.2) is 42.5 Å². The smallest absolute Gasteiger partial charge is 0.336 e. The highest BCUT2D eigenvalue weighted by atomic mass is 16.5. The third kappa shape index (κ3) is 4.35. The van der Waals surface area contributed by atoms with Crippen LogP contribution in [-0.4, -0.2) is 24.1 Å². The summed E-state index contributed by atoms with van der Waals surface area (Å²) in [5.74, 6) is -0.342. The molecule has 0 heterocycles.